The summed E-state index contributed by atoms with van der Waals surface area (Å²) < 4.78 is 17.6. The molecule has 0 N–H and O–H groups in total. The summed E-state index contributed by atoms with van der Waals surface area (Å²) in [4.78, 5) is 12.7. The first-order valence-electron chi connectivity index (χ1n) is 8.17. The van der Waals surface area contributed by atoms with E-state index in [1.54, 1.807) is 31.2 Å². The van der Waals surface area contributed by atoms with Gasteiger partial charge in [-0.3, -0.25) is 0 Å². The summed E-state index contributed by atoms with van der Waals surface area (Å²) >= 11 is 1.36. The average Bonchev–Trinajstić information content (AvgIpc) is 3.05. The molecule has 0 aliphatic rings. The zero-order valence-corrected chi connectivity index (χ0v) is 15.0. The summed E-state index contributed by atoms with van der Waals surface area (Å²) in [5.74, 6) is 0.817. The Balaban J connectivity index is 1.68. The largest absolute Gasteiger partial charge is 0.490 e. The Morgan fingerprint density at radius 3 is 2.54 bits per heavy atom. The molecule has 0 saturated carbocycles. The number of rotatable bonds is 7. The minimum absolute atomic E-state index is 0.285. The predicted molar refractivity (Wildman–Crippen MR) is 99.9 cm³/mol. The van der Waals surface area contributed by atoms with Crippen LogP contribution in [0.3, 0.4) is 0 Å². The third kappa shape index (κ3) is 3.95. The Morgan fingerprint density at radius 1 is 1.08 bits per heavy atom. The van der Waals surface area contributed by atoms with E-state index in [0.717, 1.165) is 10.1 Å². The fourth-order valence-electron chi connectivity index (χ4n) is 2.43. The van der Waals surface area contributed by atoms with Gasteiger partial charge in [0.05, 0.1) is 18.2 Å². The number of esters is 1. The second-order valence-electron chi connectivity index (χ2n) is 5.31. The van der Waals surface area contributed by atoms with Crippen LogP contribution in [0.4, 0.5) is 0 Å². The van der Waals surface area contributed by atoms with Gasteiger partial charge in [-0.05, 0) is 43.3 Å². The third-order valence-electron chi connectivity index (χ3n) is 3.59. The lowest BCUT2D eigenvalue weighted by atomic mass is 10.2. The van der Waals surface area contributed by atoms with Crippen LogP contribution in [0.25, 0.3) is 10.1 Å². The van der Waals surface area contributed by atoms with Gasteiger partial charge in [-0.2, -0.15) is 5.26 Å². The third-order valence-corrected chi connectivity index (χ3v) is 4.72. The number of nitrogens with zero attached hydrogens (tertiary/aromatic N) is 1. The van der Waals surface area contributed by atoms with Crippen molar-refractivity contribution >= 4 is 27.4 Å². The normalized spacial score (nSPS) is 10.3. The fraction of sp³-hybridized carbons (Fsp3) is 0.200. The van der Waals surface area contributed by atoms with Gasteiger partial charge in [0.25, 0.3) is 0 Å². The number of carbonyl (C=O) groups is 1. The van der Waals surface area contributed by atoms with Crippen molar-refractivity contribution in [3.05, 3.63) is 59.0 Å². The van der Waals surface area contributed by atoms with Crippen LogP contribution in [0, 0.1) is 11.3 Å². The van der Waals surface area contributed by atoms with Crippen LogP contribution in [0.1, 0.15) is 22.2 Å². The van der Waals surface area contributed by atoms with Gasteiger partial charge < -0.3 is 14.2 Å². The van der Waals surface area contributed by atoms with Crippen molar-refractivity contribution in [2.24, 2.45) is 0 Å². The molecule has 0 bridgehead atoms. The molecule has 5 nitrogen and oxygen atoms in total. The monoisotopic (exact) mass is 367 g/mol. The van der Waals surface area contributed by atoms with E-state index < -0.39 is 0 Å². The molecular formula is C20H17NO4S. The summed E-state index contributed by atoms with van der Waals surface area (Å²) in [6.07, 6.45) is 0. The summed E-state index contributed by atoms with van der Waals surface area (Å²) in [5, 5.41) is 9.68. The summed E-state index contributed by atoms with van der Waals surface area (Å²) in [6.45, 7) is 2.69. The van der Waals surface area contributed by atoms with Gasteiger partial charge in [-0.1, -0.05) is 12.1 Å². The lowest BCUT2D eigenvalue weighted by Crippen LogP contribution is -2.11. The average molecular weight is 367 g/mol. The zero-order valence-electron chi connectivity index (χ0n) is 14.2. The number of hydrogen-bond acceptors (Lipinski definition) is 6. The van der Waals surface area contributed by atoms with Crippen LogP contribution in [0.5, 0.6) is 11.5 Å². The molecule has 0 aliphatic carbocycles. The SMILES string of the molecule is CCOC(=O)c1sc2ccccc2c1OCCOc1ccc(C#N)cc1. The molecule has 2 aromatic carbocycles. The highest BCUT2D eigenvalue weighted by Gasteiger charge is 2.20. The Labute approximate surface area is 155 Å². The number of thiophene rings is 1. The van der Waals surface area contributed by atoms with Crippen LogP contribution in [0.15, 0.2) is 48.5 Å². The topological polar surface area (TPSA) is 68.6 Å². The Bertz CT molecular complexity index is 941. The highest BCUT2D eigenvalue weighted by molar-refractivity contribution is 7.21. The van der Waals surface area contributed by atoms with Gasteiger partial charge >= 0.3 is 5.97 Å². The van der Waals surface area contributed by atoms with Gasteiger partial charge in [0.1, 0.15) is 19.0 Å². The summed E-state index contributed by atoms with van der Waals surface area (Å²) in [7, 11) is 0. The van der Waals surface area contributed by atoms with E-state index in [1.807, 2.05) is 24.3 Å². The zero-order chi connectivity index (χ0) is 18.4. The van der Waals surface area contributed by atoms with Crippen molar-refractivity contribution in [2.75, 3.05) is 19.8 Å². The molecule has 0 radical (unpaired) electrons. The first-order chi connectivity index (χ1) is 12.7. The van der Waals surface area contributed by atoms with E-state index in [4.69, 9.17) is 19.5 Å². The molecule has 0 amide bonds. The Kier molecular flexibility index (Phi) is 5.72. The minimum Gasteiger partial charge on any atom is -0.490 e. The van der Waals surface area contributed by atoms with Crippen molar-refractivity contribution in [2.45, 2.75) is 6.92 Å². The molecule has 0 aliphatic heterocycles. The number of hydrogen-bond donors (Lipinski definition) is 0. The Hall–Kier alpha value is -3.04. The number of fused-ring (bicyclic) bond motifs is 1. The van der Waals surface area contributed by atoms with Crippen molar-refractivity contribution in [3.8, 4) is 17.6 Å². The second kappa shape index (κ2) is 8.37. The molecular weight excluding hydrogens is 350 g/mol. The van der Waals surface area contributed by atoms with Crippen LogP contribution in [-0.2, 0) is 4.74 Å². The van der Waals surface area contributed by atoms with E-state index in [0.29, 0.717) is 35.2 Å². The van der Waals surface area contributed by atoms with Crippen LogP contribution in [-0.4, -0.2) is 25.8 Å². The molecule has 1 heterocycles. The standard InChI is InChI=1S/C20H17NO4S/c1-2-23-20(22)19-18(16-5-3-4-6-17(16)26-19)25-12-11-24-15-9-7-14(13-21)8-10-15/h3-10H,2,11-12H2,1H3. The van der Waals surface area contributed by atoms with Gasteiger partial charge in [0.2, 0.25) is 0 Å². The molecule has 0 unspecified atom stereocenters. The van der Waals surface area contributed by atoms with E-state index in [9.17, 15) is 4.79 Å². The first-order valence-corrected chi connectivity index (χ1v) is 8.99. The maximum absolute atomic E-state index is 12.2. The first kappa shape index (κ1) is 17.8. The molecule has 0 saturated heterocycles. The highest BCUT2D eigenvalue weighted by atomic mass is 32.1. The number of nitriles is 1. The smallest absolute Gasteiger partial charge is 0.352 e. The second-order valence-corrected chi connectivity index (χ2v) is 6.36. The number of ether oxygens (including phenoxy) is 3. The minimum atomic E-state index is -0.378. The van der Waals surface area contributed by atoms with Crippen molar-refractivity contribution in [3.63, 3.8) is 0 Å². The number of carbonyl (C=O) groups excluding carboxylic acids is 1. The van der Waals surface area contributed by atoms with Gasteiger partial charge in [0.15, 0.2) is 10.6 Å². The molecule has 3 rings (SSSR count). The van der Waals surface area contributed by atoms with Crippen LogP contribution >= 0.6 is 11.3 Å². The quantitative estimate of drug-likeness (QED) is 0.457. The molecule has 0 spiro atoms. The van der Waals surface area contributed by atoms with E-state index in [1.165, 1.54) is 11.3 Å². The van der Waals surface area contributed by atoms with Crippen molar-refractivity contribution in [1.29, 1.82) is 5.26 Å². The summed E-state index contributed by atoms with van der Waals surface area (Å²) in [6, 6.07) is 16.6. The van der Waals surface area contributed by atoms with Crippen molar-refractivity contribution < 1.29 is 19.0 Å². The molecule has 0 atom stereocenters. The number of benzene rings is 2. The van der Waals surface area contributed by atoms with Gasteiger partial charge in [-0.15, -0.1) is 11.3 Å². The molecule has 6 heteroatoms. The molecule has 132 valence electrons. The van der Waals surface area contributed by atoms with Crippen LogP contribution in [0.2, 0.25) is 0 Å². The lowest BCUT2D eigenvalue weighted by molar-refractivity contribution is 0.0527. The molecule has 0 fully saturated rings. The van der Waals surface area contributed by atoms with E-state index >= 15 is 0 Å². The molecule has 26 heavy (non-hydrogen) atoms. The molecule has 1 aromatic heterocycles. The predicted octanol–water partition coefficient (Wildman–Crippen LogP) is 4.41. The lowest BCUT2D eigenvalue weighted by Gasteiger charge is -2.09. The van der Waals surface area contributed by atoms with Crippen LogP contribution < -0.4 is 9.47 Å². The highest BCUT2D eigenvalue weighted by Crippen LogP contribution is 2.38. The van der Waals surface area contributed by atoms with E-state index in [2.05, 4.69) is 6.07 Å². The van der Waals surface area contributed by atoms with E-state index in [-0.39, 0.29) is 12.6 Å². The Morgan fingerprint density at radius 2 is 1.81 bits per heavy atom. The van der Waals surface area contributed by atoms with Crippen molar-refractivity contribution in [1.82, 2.24) is 0 Å². The fourth-order valence-corrected chi connectivity index (χ4v) is 3.47. The maximum atomic E-state index is 12.2. The van der Waals surface area contributed by atoms with Gasteiger partial charge in [-0.25, -0.2) is 4.79 Å². The maximum Gasteiger partial charge on any atom is 0.352 e. The summed E-state index contributed by atoms with van der Waals surface area (Å²) in [5.41, 5.74) is 0.581. The molecule has 3 aromatic rings. The van der Waals surface area contributed by atoms with Gasteiger partial charge in [0, 0.05) is 10.1 Å².